The van der Waals surface area contributed by atoms with Crippen LogP contribution in [-0.2, 0) is 9.59 Å². The van der Waals surface area contributed by atoms with Crippen LogP contribution in [0.1, 0.15) is 52.4 Å². The van der Waals surface area contributed by atoms with E-state index in [1.807, 2.05) is 0 Å². The molecular weight excluding hydrogens is 216 g/mol. The summed E-state index contributed by atoms with van der Waals surface area (Å²) < 4.78 is 0. The number of nitrogens with one attached hydrogen (secondary N) is 2. The summed E-state index contributed by atoms with van der Waals surface area (Å²) in [6, 6.07) is 0.201. The second-order valence-electron chi connectivity index (χ2n) is 5.25. The summed E-state index contributed by atoms with van der Waals surface area (Å²) in [7, 11) is 0. The Labute approximate surface area is 104 Å². The van der Waals surface area contributed by atoms with Crippen molar-refractivity contribution in [2.24, 2.45) is 5.92 Å². The van der Waals surface area contributed by atoms with Gasteiger partial charge in [-0.05, 0) is 25.2 Å². The van der Waals surface area contributed by atoms with Crippen LogP contribution in [0, 0.1) is 5.92 Å². The molecule has 1 rings (SSSR count). The maximum atomic E-state index is 11.6. The average Bonchev–Trinajstić information content (AvgIpc) is 2.29. The first-order chi connectivity index (χ1) is 8.09. The topological polar surface area (TPSA) is 58.2 Å². The molecule has 1 aliphatic carbocycles. The number of carbonyl (C=O) groups excluding carboxylic acids is 2. The second-order valence-corrected chi connectivity index (χ2v) is 5.25. The Morgan fingerprint density at radius 1 is 1.12 bits per heavy atom. The molecule has 0 heterocycles. The van der Waals surface area contributed by atoms with Crippen LogP contribution < -0.4 is 10.6 Å². The lowest BCUT2D eigenvalue weighted by molar-refractivity contribution is -0.139. The lowest BCUT2D eigenvalue weighted by Crippen LogP contribution is -2.45. The highest BCUT2D eigenvalue weighted by Crippen LogP contribution is 2.17. The molecule has 0 aromatic rings. The zero-order chi connectivity index (χ0) is 12.7. The zero-order valence-corrected chi connectivity index (χ0v) is 10.9. The summed E-state index contributed by atoms with van der Waals surface area (Å²) in [5.41, 5.74) is 0. The highest BCUT2D eigenvalue weighted by molar-refractivity contribution is 6.35. The SMILES string of the molecule is CC(C)CCNC(=O)C(=O)NC1CCCCC1. The molecule has 1 fully saturated rings. The Morgan fingerprint density at radius 2 is 1.76 bits per heavy atom. The third-order valence-electron chi connectivity index (χ3n) is 3.15. The molecule has 17 heavy (non-hydrogen) atoms. The molecular formula is C13H24N2O2. The van der Waals surface area contributed by atoms with Crippen LogP contribution in [0.3, 0.4) is 0 Å². The van der Waals surface area contributed by atoms with E-state index in [2.05, 4.69) is 24.5 Å². The Bertz CT molecular complexity index is 258. The van der Waals surface area contributed by atoms with Gasteiger partial charge >= 0.3 is 11.8 Å². The van der Waals surface area contributed by atoms with Crippen molar-refractivity contribution in [2.45, 2.75) is 58.4 Å². The molecule has 0 aromatic heterocycles. The van der Waals surface area contributed by atoms with E-state index in [9.17, 15) is 9.59 Å². The van der Waals surface area contributed by atoms with E-state index < -0.39 is 11.8 Å². The van der Waals surface area contributed by atoms with Gasteiger partial charge in [-0.1, -0.05) is 33.1 Å². The number of rotatable bonds is 4. The molecule has 0 saturated heterocycles. The molecule has 2 amide bonds. The predicted octanol–water partition coefficient (Wildman–Crippen LogP) is 1.60. The molecule has 0 bridgehead atoms. The van der Waals surface area contributed by atoms with Crippen molar-refractivity contribution in [1.82, 2.24) is 10.6 Å². The standard InChI is InChI=1S/C13H24N2O2/c1-10(2)8-9-14-12(16)13(17)15-11-6-4-3-5-7-11/h10-11H,3-9H2,1-2H3,(H,14,16)(H,15,17). The van der Waals surface area contributed by atoms with Gasteiger partial charge in [-0.25, -0.2) is 0 Å². The van der Waals surface area contributed by atoms with E-state index in [0.717, 1.165) is 32.1 Å². The van der Waals surface area contributed by atoms with Gasteiger partial charge < -0.3 is 10.6 Å². The van der Waals surface area contributed by atoms with Gasteiger partial charge in [-0.2, -0.15) is 0 Å². The Hall–Kier alpha value is -1.06. The van der Waals surface area contributed by atoms with Gasteiger partial charge in [0.2, 0.25) is 0 Å². The Morgan fingerprint density at radius 3 is 2.35 bits per heavy atom. The quantitative estimate of drug-likeness (QED) is 0.733. The fourth-order valence-electron chi connectivity index (χ4n) is 2.05. The van der Waals surface area contributed by atoms with Crippen molar-refractivity contribution in [3.63, 3.8) is 0 Å². The van der Waals surface area contributed by atoms with Crippen molar-refractivity contribution in [3.8, 4) is 0 Å². The van der Waals surface area contributed by atoms with E-state index in [0.29, 0.717) is 12.5 Å². The van der Waals surface area contributed by atoms with Crippen LogP contribution in [0.2, 0.25) is 0 Å². The molecule has 0 aromatic carbocycles. The van der Waals surface area contributed by atoms with Crippen LogP contribution in [-0.4, -0.2) is 24.4 Å². The van der Waals surface area contributed by atoms with Gasteiger partial charge in [0.15, 0.2) is 0 Å². The number of hydrogen-bond acceptors (Lipinski definition) is 2. The highest BCUT2D eigenvalue weighted by Gasteiger charge is 2.19. The van der Waals surface area contributed by atoms with E-state index in [4.69, 9.17) is 0 Å². The van der Waals surface area contributed by atoms with Crippen molar-refractivity contribution < 1.29 is 9.59 Å². The first-order valence-corrected chi connectivity index (χ1v) is 6.68. The molecule has 1 saturated carbocycles. The molecule has 2 N–H and O–H groups in total. The normalized spacial score (nSPS) is 16.9. The molecule has 0 aliphatic heterocycles. The number of carbonyl (C=O) groups is 2. The molecule has 4 nitrogen and oxygen atoms in total. The maximum absolute atomic E-state index is 11.6. The van der Waals surface area contributed by atoms with E-state index in [1.165, 1.54) is 6.42 Å². The van der Waals surface area contributed by atoms with Gasteiger partial charge in [0.1, 0.15) is 0 Å². The van der Waals surface area contributed by atoms with E-state index in [1.54, 1.807) is 0 Å². The summed E-state index contributed by atoms with van der Waals surface area (Å²) in [4.78, 5) is 23.0. The van der Waals surface area contributed by atoms with Crippen LogP contribution >= 0.6 is 0 Å². The summed E-state index contributed by atoms with van der Waals surface area (Å²) in [5.74, 6) is -0.423. The summed E-state index contributed by atoms with van der Waals surface area (Å²) >= 11 is 0. The summed E-state index contributed by atoms with van der Waals surface area (Å²) in [6.45, 7) is 4.76. The minimum atomic E-state index is -0.490. The third-order valence-corrected chi connectivity index (χ3v) is 3.15. The van der Waals surface area contributed by atoms with E-state index >= 15 is 0 Å². The van der Waals surface area contributed by atoms with Gasteiger partial charge in [-0.15, -0.1) is 0 Å². The fourth-order valence-corrected chi connectivity index (χ4v) is 2.05. The van der Waals surface area contributed by atoms with Gasteiger partial charge in [-0.3, -0.25) is 9.59 Å². The van der Waals surface area contributed by atoms with Crippen LogP contribution in [0.4, 0.5) is 0 Å². The predicted molar refractivity (Wildman–Crippen MR) is 67.5 cm³/mol. The third kappa shape index (κ3) is 5.71. The molecule has 0 atom stereocenters. The molecule has 0 unspecified atom stereocenters. The number of amides is 2. The Kier molecular flexibility index (Phi) is 6.01. The molecule has 4 heteroatoms. The summed E-state index contributed by atoms with van der Waals surface area (Å²) in [5, 5.41) is 5.46. The second kappa shape index (κ2) is 7.30. The van der Waals surface area contributed by atoms with Crippen LogP contribution in [0.5, 0.6) is 0 Å². The van der Waals surface area contributed by atoms with Crippen LogP contribution in [0.25, 0.3) is 0 Å². The minimum Gasteiger partial charge on any atom is -0.348 e. The lowest BCUT2D eigenvalue weighted by Gasteiger charge is -2.22. The molecule has 0 radical (unpaired) electrons. The largest absolute Gasteiger partial charge is 0.348 e. The summed E-state index contributed by atoms with van der Waals surface area (Å²) in [6.07, 6.45) is 6.46. The monoisotopic (exact) mass is 240 g/mol. The lowest BCUT2D eigenvalue weighted by atomic mass is 9.95. The van der Waals surface area contributed by atoms with Crippen molar-refractivity contribution in [3.05, 3.63) is 0 Å². The minimum absolute atomic E-state index is 0.201. The fraction of sp³-hybridized carbons (Fsp3) is 0.846. The number of hydrogen-bond donors (Lipinski definition) is 2. The van der Waals surface area contributed by atoms with Crippen molar-refractivity contribution in [2.75, 3.05) is 6.54 Å². The molecule has 98 valence electrons. The first kappa shape index (κ1) is 14.0. The van der Waals surface area contributed by atoms with Gasteiger partial charge in [0, 0.05) is 12.6 Å². The smallest absolute Gasteiger partial charge is 0.309 e. The maximum Gasteiger partial charge on any atom is 0.309 e. The Balaban J connectivity index is 2.19. The van der Waals surface area contributed by atoms with Crippen molar-refractivity contribution in [1.29, 1.82) is 0 Å². The molecule has 1 aliphatic rings. The van der Waals surface area contributed by atoms with Crippen molar-refractivity contribution >= 4 is 11.8 Å². The first-order valence-electron chi connectivity index (χ1n) is 6.68. The molecule has 0 spiro atoms. The van der Waals surface area contributed by atoms with Gasteiger partial charge in [0.25, 0.3) is 0 Å². The van der Waals surface area contributed by atoms with Crippen LogP contribution in [0.15, 0.2) is 0 Å². The highest BCUT2D eigenvalue weighted by atomic mass is 16.2. The van der Waals surface area contributed by atoms with E-state index in [-0.39, 0.29) is 6.04 Å². The average molecular weight is 240 g/mol. The zero-order valence-electron chi connectivity index (χ0n) is 10.9. The van der Waals surface area contributed by atoms with Gasteiger partial charge in [0.05, 0.1) is 0 Å².